The Bertz CT molecular complexity index is 382. The topological polar surface area (TPSA) is 49.8 Å². The quantitative estimate of drug-likeness (QED) is 0.763. The molecule has 0 radical (unpaired) electrons. The number of hydrogen-bond donors (Lipinski definition) is 2. The molecule has 1 heterocycles. The van der Waals surface area contributed by atoms with Crippen molar-refractivity contribution in [2.24, 2.45) is 0 Å². The van der Waals surface area contributed by atoms with Crippen LogP contribution in [0, 0.1) is 0 Å². The molecule has 19 heavy (non-hydrogen) atoms. The number of anilines is 2. The maximum atomic E-state index is 4.40. The summed E-state index contributed by atoms with van der Waals surface area (Å²) < 4.78 is 0. The van der Waals surface area contributed by atoms with Gasteiger partial charge in [-0.3, -0.25) is 0 Å². The summed E-state index contributed by atoms with van der Waals surface area (Å²) in [6.45, 7) is 10.5. The summed E-state index contributed by atoms with van der Waals surface area (Å²) in [7, 11) is 0. The second kappa shape index (κ2) is 8.25. The van der Waals surface area contributed by atoms with Gasteiger partial charge in [0.15, 0.2) is 0 Å². The van der Waals surface area contributed by atoms with Gasteiger partial charge in [-0.2, -0.15) is 11.8 Å². The molecular formula is C14H26N4S. The Morgan fingerprint density at radius 3 is 2.32 bits per heavy atom. The highest BCUT2D eigenvalue weighted by molar-refractivity contribution is 7.99. The minimum Gasteiger partial charge on any atom is -0.370 e. The van der Waals surface area contributed by atoms with Crippen molar-refractivity contribution in [2.45, 2.75) is 45.3 Å². The SMILES string of the molecule is CCNc1ncnc(NCCC(C)SC)c1C(C)C. The first-order valence-corrected chi connectivity index (χ1v) is 8.24. The summed E-state index contributed by atoms with van der Waals surface area (Å²) in [6, 6.07) is 0. The van der Waals surface area contributed by atoms with E-state index in [4.69, 9.17) is 0 Å². The van der Waals surface area contributed by atoms with Gasteiger partial charge in [-0.05, 0) is 25.5 Å². The molecule has 0 aliphatic rings. The van der Waals surface area contributed by atoms with E-state index in [-0.39, 0.29) is 0 Å². The number of nitrogens with zero attached hydrogens (tertiary/aromatic N) is 2. The van der Waals surface area contributed by atoms with Crippen molar-refractivity contribution < 1.29 is 0 Å². The van der Waals surface area contributed by atoms with Gasteiger partial charge in [0.25, 0.3) is 0 Å². The van der Waals surface area contributed by atoms with Gasteiger partial charge in [-0.15, -0.1) is 0 Å². The van der Waals surface area contributed by atoms with Crippen LogP contribution in [-0.4, -0.2) is 34.6 Å². The lowest BCUT2D eigenvalue weighted by Gasteiger charge is -2.18. The van der Waals surface area contributed by atoms with Crippen LogP contribution in [0.3, 0.4) is 0 Å². The third-order valence-electron chi connectivity index (χ3n) is 3.05. The van der Waals surface area contributed by atoms with Crippen LogP contribution in [0.2, 0.25) is 0 Å². The van der Waals surface area contributed by atoms with Crippen LogP contribution >= 0.6 is 11.8 Å². The lowest BCUT2D eigenvalue weighted by Crippen LogP contribution is -2.13. The highest BCUT2D eigenvalue weighted by atomic mass is 32.2. The molecule has 2 N–H and O–H groups in total. The second-order valence-electron chi connectivity index (χ2n) is 4.93. The largest absolute Gasteiger partial charge is 0.370 e. The van der Waals surface area contributed by atoms with E-state index in [0.717, 1.165) is 31.1 Å². The van der Waals surface area contributed by atoms with Gasteiger partial charge in [-0.1, -0.05) is 20.8 Å². The fourth-order valence-electron chi connectivity index (χ4n) is 1.90. The summed E-state index contributed by atoms with van der Waals surface area (Å²) in [5, 5.41) is 7.44. The van der Waals surface area contributed by atoms with Crippen molar-refractivity contribution in [3.05, 3.63) is 11.9 Å². The van der Waals surface area contributed by atoms with Crippen LogP contribution < -0.4 is 10.6 Å². The van der Waals surface area contributed by atoms with Crippen molar-refractivity contribution in [3.63, 3.8) is 0 Å². The first-order valence-electron chi connectivity index (χ1n) is 6.95. The van der Waals surface area contributed by atoms with Crippen LogP contribution in [0.15, 0.2) is 6.33 Å². The maximum absolute atomic E-state index is 4.40. The second-order valence-corrected chi connectivity index (χ2v) is 6.21. The molecule has 0 spiro atoms. The molecule has 0 aliphatic heterocycles. The minimum atomic E-state index is 0.399. The Labute approximate surface area is 121 Å². The van der Waals surface area contributed by atoms with E-state index in [9.17, 15) is 0 Å². The molecule has 1 aromatic rings. The Morgan fingerprint density at radius 1 is 1.16 bits per heavy atom. The predicted molar refractivity (Wildman–Crippen MR) is 86.4 cm³/mol. The van der Waals surface area contributed by atoms with E-state index in [1.807, 2.05) is 11.8 Å². The third kappa shape index (κ3) is 4.90. The van der Waals surface area contributed by atoms with Gasteiger partial charge in [0.1, 0.15) is 18.0 Å². The van der Waals surface area contributed by atoms with Gasteiger partial charge < -0.3 is 10.6 Å². The molecule has 5 heteroatoms. The fourth-order valence-corrected chi connectivity index (χ4v) is 2.26. The lowest BCUT2D eigenvalue weighted by molar-refractivity contribution is 0.822. The number of hydrogen-bond acceptors (Lipinski definition) is 5. The molecule has 1 aromatic heterocycles. The first-order chi connectivity index (χ1) is 9.10. The standard InChI is InChI=1S/C14H26N4S/c1-6-15-13-12(10(2)3)14(18-9-17-13)16-8-7-11(4)19-5/h9-11H,6-8H2,1-5H3,(H2,15,16,17,18). The molecule has 0 bridgehead atoms. The number of nitrogens with one attached hydrogen (secondary N) is 2. The van der Waals surface area contributed by atoms with Crippen molar-refractivity contribution in [1.29, 1.82) is 0 Å². The molecule has 1 atom stereocenters. The molecule has 4 nitrogen and oxygen atoms in total. The zero-order valence-electron chi connectivity index (χ0n) is 12.7. The first kappa shape index (κ1) is 16.1. The Morgan fingerprint density at radius 2 is 1.79 bits per heavy atom. The normalized spacial score (nSPS) is 12.5. The summed E-state index contributed by atoms with van der Waals surface area (Å²) in [5.74, 6) is 2.32. The number of aromatic nitrogens is 2. The van der Waals surface area contributed by atoms with Crippen molar-refractivity contribution in [1.82, 2.24) is 9.97 Å². The van der Waals surface area contributed by atoms with Gasteiger partial charge >= 0.3 is 0 Å². The fraction of sp³-hybridized carbons (Fsp3) is 0.714. The Kier molecular flexibility index (Phi) is 6.99. The summed E-state index contributed by atoms with van der Waals surface area (Å²) in [4.78, 5) is 8.74. The molecule has 0 fully saturated rings. The Balaban J connectivity index is 2.78. The molecule has 1 unspecified atom stereocenters. The lowest BCUT2D eigenvalue weighted by atomic mass is 10.0. The zero-order chi connectivity index (χ0) is 14.3. The van der Waals surface area contributed by atoms with E-state index in [1.165, 1.54) is 5.56 Å². The minimum absolute atomic E-state index is 0.399. The van der Waals surface area contributed by atoms with E-state index < -0.39 is 0 Å². The smallest absolute Gasteiger partial charge is 0.134 e. The van der Waals surface area contributed by atoms with Crippen LogP contribution in [0.4, 0.5) is 11.6 Å². The Hall–Kier alpha value is -0.970. The van der Waals surface area contributed by atoms with Crippen LogP contribution in [0.1, 0.15) is 45.6 Å². The van der Waals surface area contributed by atoms with E-state index in [2.05, 4.69) is 54.6 Å². The van der Waals surface area contributed by atoms with Crippen LogP contribution in [0.5, 0.6) is 0 Å². The maximum Gasteiger partial charge on any atom is 0.134 e. The van der Waals surface area contributed by atoms with E-state index in [0.29, 0.717) is 11.2 Å². The third-order valence-corrected chi connectivity index (χ3v) is 4.09. The van der Waals surface area contributed by atoms with Crippen LogP contribution in [0.25, 0.3) is 0 Å². The molecule has 1 rings (SSSR count). The molecule has 0 aliphatic carbocycles. The van der Waals surface area contributed by atoms with Gasteiger partial charge in [0.2, 0.25) is 0 Å². The monoisotopic (exact) mass is 282 g/mol. The average molecular weight is 282 g/mol. The highest BCUT2D eigenvalue weighted by Gasteiger charge is 2.14. The average Bonchev–Trinajstić information content (AvgIpc) is 2.38. The number of rotatable bonds is 8. The van der Waals surface area contributed by atoms with Gasteiger partial charge in [0.05, 0.1) is 0 Å². The summed E-state index contributed by atoms with van der Waals surface area (Å²) in [5.41, 5.74) is 1.18. The number of thioether (sulfide) groups is 1. The van der Waals surface area contributed by atoms with Crippen LogP contribution in [-0.2, 0) is 0 Å². The highest BCUT2D eigenvalue weighted by Crippen LogP contribution is 2.28. The molecule has 0 aromatic carbocycles. The van der Waals surface area contributed by atoms with E-state index in [1.54, 1.807) is 6.33 Å². The van der Waals surface area contributed by atoms with Crippen molar-refractivity contribution in [2.75, 3.05) is 30.0 Å². The van der Waals surface area contributed by atoms with Crippen molar-refractivity contribution >= 4 is 23.4 Å². The predicted octanol–water partition coefficient (Wildman–Crippen LogP) is 3.59. The molecule has 108 valence electrons. The van der Waals surface area contributed by atoms with Gasteiger partial charge in [0, 0.05) is 23.9 Å². The summed E-state index contributed by atoms with van der Waals surface area (Å²) >= 11 is 1.90. The molecule has 0 saturated heterocycles. The zero-order valence-corrected chi connectivity index (χ0v) is 13.5. The molecular weight excluding hydrogens is 256 g/mol. The van der Waals surface area contributed by atoms with Crippen molar-refractivity contribution in [3.8, 4) is 0 Å². The summed E-state index contributed by atoms with van der Waals surface area (Å²) in [6.07, 6.45) is 4.92. The molecule has 0 saturated carbocycles. The van der Waals surface area contributed by atoms with Gasteiger partial charge in [-0.25, -0.2) is 9.97 Å². The van der Waals surface area contributed by atoms with E-state index >= 15 is 0 Å². The molecule has 0 amide bonds.